The van der Waals surface area contributed by atoms with E-state index in [9.17, 15) is 0 Å². The Morgan fingerprint density at radius 1 is 1.86 bits per heavy atom. The van der Waals surface area contributed by atoms with Crippen molar-refractivity contribution in [1.82, 2.24) is 4.90 Å². The predicted octanol–water partition coefficient (Wildman–Crippen LogP) is 0.608. The minimum Gasteiger partial charge on any atom is -0.364 e. The van der Waals surface area contributed by atoms with Gasteiger partial charge < -0.3 is 4.90 Å². The summed E-state index contributed by atoms with van der Waals surface area (Å²) >= 11 is 1.63. The second-order valence-electron chi connectivity index (χ2n) is 1.53. The molecule has 0 amide bonds. The molecule has 2 nitrogen and oxygen atoms in total. The van der Waals surface area contributed by atoms with Crippen LogP contribution in [0, 0.1) is 0 Å². The Morgan fingerprint density at radius 2 is 2.71 bits per heavy atom. The molecule has 0 spiro atoms. The van der Waals surface area contributed by atoms with Gasteiger partial charge in [0.15, 0.2) is 0 Å². The Hall–Kier alpha value is -0.180. The zero-order valence-electron chi connectivity index (χ0n) is 4.29. The van der Waals surface area contributed by atoms with Crippen LogP contribution in [0.2, 0.25) is 0 Å². The Balaban J connectivity index is 2.36. The van der Waals surface area contributed by atoms with Crippen molar-refractivity contribution in [2.24, 2.45) is 4.40 Å². The third-order valence-electron chi connectivity index (χ3n) is 0.854. The van der Waals surface area contributed by atoms with Gasteiger partial charge in [0.05, 0.1) is 6.34 Å². The van der Waals surface area contributed by atoms with E-state index in [1.807, 2.05) is 13.4 Å². The van der Waals surface area contributed by atoms with Crippen LogP contribution in [0.1, 0.15) is 0 Å². The monoisotopic (exact) mass is 116 g/mol. The fraction of sp³-hybridized carbons (Fsp3) is 0.750. The molecule has 0 aromatic carbocycles. The van der Waals surface area contributed by atoms with Crippen LogP contribution >= 0.6 is 11.9 Å². The summed E-state index contributed by atoms with van der Waals surface area (Å²) in [6.45, 7) is 1.13. The smallest absolute Gasteiger partial charge is 0.0987 e. The van der Waals surface area contributed by atoms with Gasteiger partial charge in [-0.3, -0.25) is 0 Å². The Morgan fingerprint density at radius 3 is 3.00 bits per heavy atom. The molecular formula is C4H8N2S. The topological polar surface area (TPSA) is 15.6 Å². The van der Waals surface area contributed by atoms with Crippen LogP contribution in [-0.4, -0.2) is 30.6 Å². The lowest BCUT2D eigenvalue weighted by molar-refractivity contribution is 0.553. The molecule has 1 heterocycles. The lowest BCUT2D eigenvalue weighted by Gasteiger charge is -2.14. The predicted molar refractivity (Wildman–Crippen MR) is 33.6 cm³/mol. The molecule has 1 rings (SSSR count). The first-order chi connectivity index (χ1) is 3.39. The van der Waals surface area contributed by atoms with Crippen molar-refractivity contribution < 1.29 is 0 Å². The Labute approximate surface area is 47.7 Å². The molecular weight excluding hydrogens is 108 g/mol. The fourth-order valence-corrected chi connectivity index (χ4v) is 1.11. The summed E-state index contributed by atoms with van der Waals surface area (Å²) in [5.74, 6) is 1.13. The van der Waals surface area contributed by atoms with Crippen LogP contribution in [0.5, 0.6) is 0 Å². The van der Waals surface area contributed by atoms with Crippen molar-refractivity contribution in [3.8, 4) is 0 Å². The second kappa shape index (κ2) is 2.21. The van der Waals surface area contributed by atoms with Crippen LogP contribution in [0.25, 0.3) is 0 Å². The van der Waals surface area contributed by atoms with E-state index in [2.05, 4.69) is 9.30 Å². The van der Waals surface area contributed by atoms with Crippen molar-refractivity contribution >= 4 is 18.3 Å². The molecule has 3 heteroatoms. The average Bonchev–Trinajstić information content (AvgIpc) is 1.69. The molecule has 0 saturated carbocycles. The van der Waals surface area contributed by atoms with Crippen LogP contribution in [0.4, 0.5) is 0 Å². The summed E-state index contributed by atoms with van der Waals surface area (Å²) in [5, 5.41) is 0. The highest BCUT2D eigenvalue weighted by Gasteiger charge is 1.95. The summed E-state index contributed by atoms with van der Waals surface area (Å²) < 4.78 is 3.98. The van der Waals surface area contributed by atoms with Gasteiger partial charge in [-0.1, -0.05) is 0 Å². The summed E-state index contributed by atoms with van der Waals surface area (Å²) in [6, 6.07) is 0. The Kier molecular flexibility index (Phi) is 1.57. The number of hydrogen-bond acceptors (Lipinski definition) is 3. The van der Waals surface area contributed by atoms with E-state index in [-0.39, 0.29) is 0 Å². The second-order valence-corrected chi connectivity index (χ2v) is 2.41. The van der Waals surface area contributed by atoms with Gasteiger partial charge >= 0.3 is 0 Å². The van der Waals surface area contributed by atoms with E-state index in [4.69, 9.17) is 0 Å². The van der Waals surface area contributed by atoms with Gasteiger partial charge in [0, 0.05) is 19.3 Å². The van der Waals surface area contributed by atoms with Gasteiger partial charge in [0.1, 0.15) is 0 Å². The number of nitrogens with zero attached hydrogens (tertiary/aromatic N) is 2. The highest BCUT2D eigenvalue weighted by molar-refractivity contribution is 7.98. The molecule has 0 unspecified atom stereocenters. The molecule has 0 aromatic heterocycles. The molecule has 7 heavy (non-hydrogen) atoms. The minimum absolute atomic E-state index is 1.13. The molecule has 0 saturated heterocycles. The van der Waals surface area contributed by atoms with Crippen molar-refractivity contribution in [2.45, 2.75) is 0 Å². The van der Waals surface area contributed by atoms with Gasteiger partial charge in [-0.2, -0.15) is 0 Å². The first-order valence-corrected chi connectivity index (χ1v) is 3.19. The van der Waals surface area contributed by atoms with Crippen molar-refractivity contribution in [2.75, 3.05) is 19.3 Å². The fourth-order valence-electron chi connectivity index (χ4n) is 0.409. The number of rotatable bonds is 0. The standard InChI is InChI=1S/C4H8N2S/c1-6-2-3-7-5-4-6/h4H,2-3H2,1H3. The summed E-state index contributed by atoms with van der Waals surface area (Å²) in [6.07, 6.45) is 1.86. The van der Waals surface area contributed by atoms with Crippen molar-refractivity contribution in [3.05, 3.63) is 0 Å². The molecule has 40 valence electrons. The van der Waals surface area contributed by atoms with Crippen molar-refractivity contribution in [1.29, 1.82) is 0 Å². The van der Waals surface area contributed by atoms with Crippen LogP contribution in [0.3, 0.4) is 0 Å². The van der Waals surface area contributed by atoms with E-state index >= 15 is 0 Å². The quantitative estimate of drug-likeness (QED) is 0.431. The summed E-state index contributed by atoms with van der Waals surface area (Å²) in [5.41, 5.74) is 0. The maximum Gasteiger partial charge on any atom is 0.0987 e. The largest absolute Gasteiger partial charge is 0.364 e. The lowest BCUT2D eigenvalue weighted by atomic mass is 10.7. The highest BCUT2D eigenvalue weighted by atomic mass is 32.2. The number of hydrogen-bond donors (Lipinski definition) is 0. The van der Waals surface area contributed by atoms with Crippen LogP contribution in [-0.2, 0) is 0 Å². The first kappa shape index (κ1) is 4.97. The van der Waals surface area contributed by atoms with E-state index < -0.39 is 0 Å². The van der Waals surface area contributed by atoms with Gasteiger partial charge in [0.25, 0.3) is 0 Å². The van der Waals surface area contributed by atoms with Gasteiger partial charge in [-0.15, -0.1) is 0 Å². The average molecular weight is 116 g/mol. The molecule has 1 aliphatic rings. The normalized spacial score (nSPS) is 20.4. The van der Waals surface area contributed by atoms with Gasteiger partial charge in [0.2, 0.25) is 0 Å². The highest BCUT2D eigenvalue weighted by Crippen LogP contribution is 2.04. The van der Waals surface area contributed by atoms with E-state index in [0.717, 1.165) is 12.3 Å². The third kappa shape index (κ3) is 1.39. The Bertz CT molecular complexity index is 81.8. The van der Waals surface area contributed by atoms with Crippen LogP contribution < -0.4 is 0 Å². The van der Waals surface area contributed by atoms with Crippen molar-refractivity contribution in [3.63, 3.8) is 0 Å². The molecule has 0 bridgehead atoms. The summed E-state index contributed by atoms with van der Waals surface area (Å²) in [4.78, 5) is 2.08. The maximum absolute atomic E-state index is 3.98. The SMILES string of the molecule is CN1C=NSCC1. The summed E-state index contributed by atoms with van der Waals surface area (Å²) in [7, 11) is 2.03. The molecule has 0 N–H and O–H groups in total. The minimum atomic E-state index is 1.13. The van der Waals surface area contributed by atoms with Gasteiger partial charge in [-0.25, -0.2) is 4.40 Å². The van der Waals surface area contributed by atoms with E-state index in [0.29, 0.717) is 0 Å². The van der Waals surface area contributed by atoms with E-state index in [1.165, 1.54) is 0 Å². The van der Waals surface area contributed by atoms with Crippen LogP contribution in [0.15, 0.2) is 4.40 Å². The first-order valence-electron chi connectivity index (χ1n) is 2.25. The molecule has 0 aromatic rings. The third-order valence-corrected chi connectivity index (χ3v) is 1.46. The molecule has 0 radical (unpaired) electrons. The van der Waals surface area contributed by atoms with E-state index in [1.54, 1.807) is 11.9 Å². The molecule has 1 aliphatic heterocycles. The zero-order chi connectivity index (χ0) is 5.11. The zero-order valence-corrected chi connectivity index (χ0v) is 5.11. The lowest BCUT2D eigenvalue weighted by Crippen LogP contribution is -2.21. The molecule has 0 atom stereocenters. The van der Waals surface area contributed by atoms with Gasteiger partial charge in [-0.05, 0) is 11.9 Å². The molecule has 0 aliphatic carbocycles. The molecule has 0 fully saturated rings. The maximum atomic E-state index is 3.98.